The van der Waals surface area contributed by atoms with Gasteiger partial charge in [-0.25, -0.2) is 4.98 Å². The van der Waals surface area contributed by atoms with Crippen LogP contribution >= 0.6 is 0 Å². The average Bonchev–Trinajstić information content (AvgIpc) is 2.79. The molecule has 174 valence electrons. The van der Waals surface area contributed by atoms with Crippen molar-refractivity contribution < 1.29 is 24.4 Å². The van der Waals surface area contributed by atoms with Crippen LogP contribution in [0.25, 0.3) is 11.1 Å². The Bertz CT molecular complexity index is 927. The number of methoxy groups -OCH3 is 2. The number of ether oxygens (including phenoxy) is 3. The minimum absolute atomic E-state index is 0.404. The van der Waals surface area contributed by atoms with Gasteiger partial charge in [0.1, 0.15) is 0 Å². The molecular formula is C25H34N2O5. The standard InChI is InChI=1S/C25H34N2O5/c1-17(2)7-6-12-32-24-19(15-27-11-9-21(28)22(29)16-27)13-18(14-23(24)30-3)20-8-5-10-26-25(20)31-4/h5,7-8,10,13-14,21-22,28-29H,6,9,11-12,15-16H2,1-4H3/t21-,22-/m0/s1. The largest absolute Gasteiger partial charge is 0.493 e. The molecule has 2 atom stereocenters. The summed E-state index contributed by atoms with van der Waals surface area (Å²) in [6.07, 6.45) is 3.74. The summed E-state index contributed by atoms with van der Waals surface area (Å²) in [5.74, 6) is 1.87. The maximum atomic E-state index is 10.1. The molecular weight excluding hydrogens is 408 g/mol. The molecule has 1 fully saturated rings. The number of aromatic nitrogens is 1. The Hall–Kier alpha value is -2.61. The van der Waals surface area contributed by atoms with Crippen LogP contribution in [0.4, 0.5) is 0 Å². The van der Waals surface area contributed by atoms with E-state index < -0.39 is 12.2 Å². The van der Waals surface area contributed by atoms with E-state index in [1.807, 2.05) is 18.2 Å². The zero-order valence-corrected chi connectivity index (χ0v) is 19.4. The second-order valence-electron chi connectivity index (χ2n) is 8.30. The minimum Gasteiger partial charge on any atom is -0.493 e. The summed E-state index contributed by atoms with van der Waals surface area (Å²) in [4.78, 5) is 6.44. The number of aliphatic hydroxyl groups is 2. The molecule has 1 aliphatic heterocycles. The SMILES string of the molecule is COc1cc(-c2cccnc2OC)cc(CN2CC[C@H](O)[C@@H](O)C2)c1OCCC=C(C)C. The average molecular weight is 443 g/mol. The van der Waals surface area contributed by atoms with Crippen molar-refractivity contribution in [2.45, 2.75) is 45.4 Å². The molecule has 0 saturated carbocycles. The molecule has 1 aromatic heterocycles. The smallest absolute Gasteiger partial charge is 0.221 e. The Morgan fingerprint density at radius 2 is 2.00 bits per heavy atom. The molecule has 0 spiro atoms. The van der Waals surface area contributed by atoms with E-state index in [0.717, 1.165) is 23.1 Å². The number of benzene rings is 1. The number of hydrogen-bond acceptors (Lipinski definition) is 7. The van der Waals surface area contributed by atoms with Crippen LogP contribution in [0.1, 0.15) is 32.3 Å². The van der Waals surface area contributed by atoms with Gasteiger partial charge in [0.15, 0.2) is 11.5 Å². The van der Waals surface area contributed by atoms with Crippen molar-refractivity contribution in [3.63, 3.8) is 0 Å². The van der Waals surface area contributed by atoms with E-state index >= 15 is 0 Å². The van der Waals surface area contributed by atoms with Crippen molar-refractivity contribution in [1.29, 1.82) is 0 Å². The predicted octanol–water partition coefficient (Wildman–Crippen LogP) is 3.43. The van der Waals surface area contributed by atoms with Crippen molar-refractivity contribution in [1.82, 2.24) is 9.88 Å². The van der Waals surface area contributed by atoms with Crippen LogP contribution in [0.3, 0.4) is 0 Å². The fourth-order valence-electron chi connectivity index (χ4n) is 3.90. The molecule has 1 saturated heterocycles. The van der Waals surface area contributed by atoms with Gasteiger partial charge >= 0.3 is 0 Å². The summed E-state index contributed by atoms with van der Waals surface area (Å²) in [5, 5.41) is 20.0. The molecule has 0 aliphatic carbocycles. The summed E-state index contributed by atoms with van der Waals surface area (Å²) >= 11 is 0. The number of nitrogens with zero attached hydrogens (tertiary/aromatic N) is 2. The number of hydrogen-bond donors (Lipinski definition) is 2. The first kappa shape index (κ1) is 24.0. The highest BCUT2D eigenvalue weighted by Gasteiger charge is 2.27. The zero-order chi connectivity index (χ0) is 23.1. The Balaban J connectivity index is 1.97. The van der Waals surface area contributed by atoms with Gasteiger partial charge in [0.25, 0.3) is 0 Å². The monoisotopic (exact) mass is 442 g/mol. The quantitative estimate of drug-likeness (QED) is 0.455. The molecule has 0 bridgehead atoms. The zero-order valence-electron chi connectivity index (χ0n) is 19.4. The van der Waals surface area contributed by atoms with Crippen LogP contribution in [-0.4, -0.2) is 66.2 Å². The number of pyridine rings is 1. The number of aliphatic hydroxyl groups excluding tert-OH is 2. The summed E-state index contributed by atoms with van der Waals surface area (Å²) in [6.45, 7) is 6.33. The Kier molecular flexibility index (Phi) is 8.50. The van der Waals surface area contributed by atoms with Gasteiger partial charge in [-0.05, 0) is 56.5 Å². The molecule has 2 aromatic rings. The summed E-state index contributed by atoms with van der Waals surface area (Å²) < 4.78 is 17.4. The lowest BCUT2D eigenvalue weighted by molar-refractivity contribution is -0.0405. The highest BCUT2D eigenvalue weighted by Crippen LogP contribution is 2.39. The molecule has 7 heteroatoms. The maximum absolute atomic E-state index is 10.1. The third-order valence-corrected chi connectivity index (χ3v) is 5.57. The molecule has 7 nitrogen and oxygen atoms in total. The van der Waals surface area contributed by atoms with E-state index in [4.69, 9.17) is 14.2 Å². The van der Waals surface area contributed by atoms with Crippen molar-refractivity contribution >= 4 is 0 Å². The van der Waals surface area contributed by atoms with Crippen LogP contribution in [0, 0.1) is 0 Å². The molecule has 3 rings (SSSR count). The summed E-state index contributed by atoms with van der Waals surface area (Å²) in [5.41, 5.74) is 3.97. The molecule has 1 aliphatic rings. The number of β-amino-alcohol motifs (C(OH)–C–C–N with tert-alkyl or cyclic N) is 1. The summed E-state index contributed by atoms with van der Waals surface area (Å²) in [7, 11) is 3.23. The topological polar surface area (TPSA) is 84.3 Å². The van der Waals surface area contributed by atoms with E-state index in [2.05, 4.69) is 35.9 Å². The third kappa shape index (κ3) is 6.00. The van der Waals surface area contributed by atoms with Gasteiger partial charge in [0, 0.05) is 37.0 Å². The second-order valence-corrected chi connectivity index (χ2v) is 8.30. The lowest BCUT2D eigenvalue weighted by Crippen LogP contribution is -2.46. The molecule has 0 radical (unpaired) electrons. The molecule has 32 heavy (non-hydrogen) atoms. The highest BCUT2D eigenvalue weighted by molar-refractivity contribution is 5.72. The van der Waals surface area contributed by atoms with E-state index in [1.54, 1.807) is 20.4 Å². The van der Waals surface area contributed by atoms with Crippen LogP contribution in [0.15, 0.2) is 42.1 Å². The first-order valence-corrected chi connectivity index (χ1v) is 11.0. The lowest BCUT2D eigenvalue weighted by atomic mass is 10.00. The number of piperidine rings is 1. The van der Waals surface area contributed by atoms with Gasteiger partial charge in [-0.1, -0.05) is 11.6 Å². The van der Waals surface area contributed by atoms with Gasteiger partial charge in [0.05, 0.1) is 33.0 Å². The predicted molar refractivity (Wildman–Crippen MR) is 124 cm³/mol. The van der Waals surface area contributed by atoms with E-state index in [1.165, 1.54) is 5.57 Å². The Morgan fingerprint density at radius 3 is 2.69 bits per heavy atom. The lowest BCUT2D eigenvalue weighted by Gasteiger charge is -2.33. The first-order valence-electron chi connectivity index (χ1n) is 11.0. The molecule has 2 heterocycles. The Morgan fingerprint density at radius 1 is 1.19 bits per heavy atom. The van der Waals surface area contributed by atoms with Crippen molar-refractivity contribution in [2.75, 3.05) is 33.9 Å². The highest BCUT2D eigenvalue weighted by atomic mass is 16.5. The van der Waals surface area contributed by atoms with Crippen LogP contribution in [0.2, 0.25) is 0 Å². The van der Waals surface area contributed by atoms with Gasteiger partial charge in [0.2, 0.25) is 5.88 Å². The number of rotatable bonds is 9. The molecule has 0 amide bonds. The van der Waals surface area contributed by atoms with E-state index in [0.29, 0.717) is 50.0 Å². The molecule has 0 unspecified atom stereocenters. The molecule has 2 N–H and O–H groups in total. The maximum Gasteiger partial charge on any atom is 0.221 e. The third-order valence-electron chi connectivity index (χ3n) is 5.57. The Labute approximate surface area is 190 Å². The van der Waals surface area contributed by atoms with Crippen molar-refractivity contribution in [3.05, 3.63) is 47.7 Å². The van der Waals surface area contributed by atoms with Crippen LogP contribution < -0.4 is 14.2 Å². The van der Waals surface area contributed by atoms with E-state index in [-0.39, 0.29) is 0 Å². The normalized spacial score (nSPS) is 18.8. The van der Waals surface area contributed by atoms with Gasteiger partial charge < -0.3 is 24.4 Å². The van der Waals surface area contributed by atoms with Crippen LogP contribution in [-0.2, 0) is 6.54 Å². The minimum atomic E-state index is -0.755. The first-order chi connectivity index (χ1) is 15.4. The van der Waals surface area contributed by atoms with Gasteiger partial charge in [-0.2, -0.15) is 0 Å². The second kappa shape index (κ2) is 11.3. The fraction of sp³-hybridized carbons (Fsp3) is 0.480. The summed E-state index contributed by atoms with van der Waals surface area (Å²) in [6, 6.07) is 7.83. The fourth-order valence-corrected chi connectivity index (χ4v) is 3.90. The van der Waals surface area contributed by atoms with E-state index in [9.17, 15) is 10.2 Å². The number of allylic oxidation sites excluding steroid dienone is 1. The van der Waals surface area contributed by atoms with Crippen molar-refractivity contribution in [3.8, 4) is 28.5 Å². The van der Waals surface area contributed by atoms with Crippen LogP contribution in [0.5, 0.6) is 17.4 Å². The number of likely N-dealkylation sites (tertiary alicyclic amines) is 1. The van der Waals surface area contributed by atoms with Gasteiger partial charge in [-0.15, -0.1) is 0 Å². The van der Waals surface area contributed by atoms with Crippen molar-refractivity contribution in [2.24, 2.45) is 0 Å². The molecule has 1 aromatic carbocycles. The van der Waals surface area contributed by atoms with Gasteiger partial charge in [-0.3, -0.25) is 4.90 Å².